The third-order valence-electron chi connectivity index (χ3n) is 7.18. The number of hydrogen-bond donors (Lipinski definition) is 0. The van der Waals surface area contributed by atoms with Crippen LogP contribution in [0.1, 0.15) is 52.3 Å². The molecular weight excluding hydrogens is 567 g/mol. The molecular formula is C28H26F7N7. The molecule has 0 unspecified atom stereocenters. The second-order valence-electron chi connectivity index (χ2n) is 10.2. The average Bonchev–Trinajstić information content (AvgIpc) is 3.26. The van der Waals surface area contributed by atoms with Crippen molar-refractivity contribution in [3.05, 3.63) is 94.1 Å². The molecule has 0 bridgehead atoms. The number of aromatic nitrogens is 5. The Balaban J connectivity index is 1.64. The minimum absolute atomic E-state index is 0.00199. The van der Waals surface area contributed by atoms with Crippen LogP contribution >= 0.6 is 0 Å². The van der Waals surface area contributed by atoms with Crippen LogP contribution in [0.3, 0.4) is 0 Å². The van der Waals surface area contributed by atoms with Gasteiger partial charge < -0.3 is 9.80 Å². The molecule has 7 nitrogen and oxygen atoms in total. The first kappa shape index (κ1) is 29.3. The molecule has 0 N–H and O–H groups in total. The largest absolute Gasteiger partial charge is 0.416 e. The van der Waals surface area contributed by atoms with E-state index in [2.05, 4.69) is 20.4 Å². The Morgan fingerprint density at radius 1 is 0.952 bits per heavy atom. The molecule has 0 saturated carbocycles. The van der Waals surface area contributed by atoms with Crippen LogP contribution in [0.25, 0.3) is 0 Å². The number of pyridine rings is 1. The van der Waals surface area contributed by atoms with Crippen molar-refractivity contribution in [1.82, 2.24) is 25.2 Å². The molecule has 2 aromatic heterocycles. The van der Waals surface area contributed by atoms with Crippen molar-refractivity contribution in [3.63, 3.8) is 0 Å². The van der Waals surface area contributed by atoms with Gasteiger partial charge in [-0.1, -0.05) is 11.2 Å². The molecule has 1 aliphatic rings. The van der Waals surface area contributed by atoms with E-state index in [1.54, 1.807) is 29.4 Å². The van der Waals surface area contributed by atoms with Crippen LogP contribution in [0.4, 0.5) is 42.4 Å². The van der Waals surface area contributed by atoms with Crippen molar-refractivity contribution < 1.29 is 30.7 Å². The second kappa shape index (κ2) is 11.2. The second-order valence-corrected chi connectivity index (χ2v) is 10.2. The van der Waals surface area contributed by atoms with Crippen LogP contribution in [0.5, 0.6) is 0 Å². The third kappa shape index (κ3) is 6.31. The number of rotatable bonds is 6. The topological polar surface area (TPSA) is 63.0 Å². The summed E-state index contributed by atoms with van der Waals surface area (Å²) in [5.41, 5.74) is -0.253. The highest BCUT2D eigenvalue weighted by molar-refractivity contribution is 5.62. The van der Waals surface area contributed by atoms with Gasteiger partial charge in [0.25, 0.3) is 5.95 Å². The summed E-state index contributed by atoms with van der Waals surface area (Å²) in [6.07, 6.45) is -5.25. The minimum Gasteiger partial charge on any atom is -0.367 e. The van der Waals surface area contributed by atoms with Gasteiger partial charge in [0.2, 0.25) is 0 Å². The number of halogens is 7. The molecule has 0 aliphatic carbocycles. The predicted octanol–water partition coefficient (Wildman–Crippen LogP) is 6.64. The number of nitrogens with zero attached hydrogens (tertiary/aromatic N) is 7. The molecule has 5 rings (SSSR count). The molecule has 42 heavy (non-hydrogen) atoms. The molecule has 0 spiro atoms. The van der Waals surface area contributed by atoms with E-state index in [4.69, 9.17) is 0 Å². The summed E-state index contributed by atoms with van der Waals surface area (Å²) in [6.45, 7) is 1.84. The number of aryl methyl sites for hydroxylation is 2. The highest BCUT2D eigenvalue weighted by Gasteiger charge is 2.37. The monoisotopic (exact) mass is 593 g/mol. The maximum atomic E-state index is 14.3. The molecule has 2 aromatic carbocycles. The molecule has 1 aliphatic heterocycles. The first-order valence-corrected chi connectivity index (χ1v) is 13.0. The lowest BCUT2D eigenvalue weighted by Crippen LogP contribution is -2.30. The Labute approximate surface area is 236 Å². The number of alkyl halides is 6. The molecule has 222 valence electrons. The van der Waals surface area contributed by atoms with Crippen molar-refractivity contribution in [2.45, 2.75) is 51.2 Å². The van der Waals surface area contributed by atoms with Crippen molar-refractivity contribution in [1.29, 1.82) is 0 Å². The molecule has 0 saturated heterocycles. The van der Waals surface area contributed by atoms with Crippen LogP contribution in [0, 0.1) is 12.7 Å². The first-order chi connectivity index (χ1) is 19.8. The number of hydrogen-bond acceptors (Lipinski definition) is 6. The van der Waals surface area contributed by atoms with E-state index in [9.17, 15) is 30.7 Å². The quantitative estimate of drug-likeness (QED) is 0.234. The number of fused-ring (bicyclic) bond motifs is 1. The maximum Gasteiger partial charge on any atom is 0.416 e. The van der Waals surface area contributed by atoms with Gasteiger partial charge >= 0.3 is 12.4 Å². The normalized spacial score (nSPS) is 15.8. The Morgan fingerprint density at radius 3 is 2.33 bits per heavy atom. The molecule has 1 atom stereocenters. The van der Waals surface area contributed by atoms with Gasteiger partial charge in [0.1, 0.15) is 5.82 Å². The summed E-state index contributed by atoms with van der Waals surface area (Å²) in [5.74, 6) is -1.02. The summed E-state index contributed by atoms with van der Waals surface area (Å²) in [7, 11) is 1.51. The standard InChI is InChI=1S/C28H26F7N7/c1-17-10-22-24(4-3-9-41(15-18-5-7-36-8-6-18)25(22)14-23(17)28(33,34)35)42(26-37-39-40(2)38-26)16-19-11-20(27(30,31)32)13-21(29)12-19/h5-8,10-14,24H,3-4,9,15-16H2,1-2H3/t24-/m0/s1. The Kier molecular flexibility index (Phi) is 7.82. The molecule has 0 radical (unpaired) electrons. The van der Waals surface area contributed by atoms with Crippen molar-refractivity contribution in [2.75, 3.05) is 16.3 Å². The van der Waals surface area contributed by atoms with Gasteiger partial charge in [0.05, 0.1) is 24.2 Å². The number of benzene rings is 2. The predicted molar refractivity (Wildman–Crippen MR) is 140 cm³/mol. The third-order valence-corrected chi connectivity index (χ3v) is 7.18. The van der Waals surface area contributed by atoms with Gasteiger partial charge in [0.15, 0.2) is 0 Å². The van der Waals surface area contributed by atoms with Crippen LogP contribution in [-0.4, -0.2) is 31.7 Å². The highest BCUT2D eigenvalue weighted by Crippen LogP contribution is 2.44. The van der Waals surface area contributed by atoms with Gasteiger partial charge in [-0.05, 0) is 83.6 Å². The van der Waals surface area contributed by atoms with Gasteiger partial charge in [-0.25, -0.2) is 4.39 Å². The van der Waals surface area contributed by atoms with E-state index in [1.807, 2.05) is 4.90 Å². The fourth-order valence-corrected chi connectivity index (χ4v) is 5.32. The average molecular weight is 594 g/mol. The van der Waals surface area contributed by atoms with E-state index in [1.165, 1.54) is 24.8 Å². The summed E-state index contributed by atoms with van der Waals surface area (Å²) in [4.78, 5) is 8.60. The molecule has 4 aromatic rings. The van der Waals surface area contributed by atoms with Gasteiger partial charge in [-0.15, -0.1) is 5.10 Å². The van der Waals surface area contributed by atoms with Crippen LogP contribution in [0.2, 0.25) is 0 Å². The van der Waals surface area contributed by atoms with Gasteiger partial charge in [-0.3, -0.25) is 4.98 Å². The van der Waals surface area contributed by atoms with Crippen molar-refractivity contribution in [3.8, 4) is 0 Å². The summed E-state index contributed by atoms with van der Waals surface area (Å²) >= 11 is 0. The van der Waals surface area contributed by atoms with Crippen molar-refractivity contribution >= 4 is 11.6 Å². The van der Waals surface area contributed by atoms with E-state index in [0.717, 1.165) is 23.8 Å². The van der Waals surface area contributed by atoms with Crippen LogP contribution in [0.15, 0.2) is 54.9 Å². The fourth-order valence-electron chi connectivity index (χ4n) is 5.32. The molecule has 3 heterocycles. The Morgan fingerprint density at radius 2 is 1.69 bits per heavy atom. The highest BCUT2D eigenvalue weighted by atomic mass is 19.4. The Hall–Kier alpha value is -4.23. The lowest BCUT2D eigenvalue weighted by molar-refractivity contribution is -0.138. The summed E-state index contributed by atoms with van der Waals surface area (Å²) in [5, 5.41) is 12.2. The van der Waals surface area contributed by atoms with Gasteiger partial charge in [0, 0.05) is 37.7 Å². The SMILES string of the molecule is Cc1cc2c(cc1C(F)(F)F)N(Cc1ccncc1)CCC[C@@H]2N(Cc1cc(F)cc(C(F)(F)F)c1)c1nnn(C)n1. The van der Waals surface area contributed by atoms with Crippen LogP contribution in [-0.2, 0) is 32.5 Å². The van der Waals surface area contributed by atoms with E-state index in [0.29, 0.717) is 43.2 Å². The molecule has 0 amide bonds. The molecule has 0 fully saturated rings. The Bertz CT molecular complexity index is 1550. The zero-order chi connectivity index (χ0) is 30.2. The fraction of sp³-hybridized carbons (Fsp3) is 0.357. The van der Waals surface area contributed by atoms with Crippen molar-refractivity contribution in [2.24, 2.45) is 7.05 Å². The molecule has 14 heteroatoms. The van der Waals surface area contributed by atoms with E-state index >= 15 is 0 Å². The van der Waals surface area contributed by atoms with E-state index < -0.39 is 35.3 Å². The zero-order valence-electron chi connectivity index (χ0n) is 22.6. The number of tetrazole rings is 1. The number of anilines is 2. The zero-order valence-corrected chi connectivity index (χ0v) is 22.6. The minimum atomic E-state index is -4.78. The van der Waals surface area contributed by atoms with Crippen LogP contribution < -0.4 is 9.80 Å². The van der Waals surface area contributed by atoms with E-state index in [-0.39, 0.29) is 23.6 Å². The smallest absolute Gasteiger partial charge is 0.367 e. The summed E-state index contributed by atoms with van der Waals surface area (Å²) < 4.78 is 97.0. The summed E-state index contributed by atoms with van der Waals surface area (Å²) in [6, 6.07) is 7.72. The lowest BCUT2D eigenvalue weighted by Gasteiger charge is -2.33. The van der Waals surface area contributed by atoms with Gasteiger partial charge in [-0.2, -0.15) is 31.1 Å². The first-order valence-electron chi connectivity index (χ1n) is 13.0. The lowest BCUT2D eigenvalue weighted by atomic mass is 9.94. The maximum absolute atomic E-state index is 14.3.